The molecule has 0 saturated heterocycles. The van der Waals surface area contributed by atoms with Crippen LogP contribution in [0.25, 0.3) is 11.1 Å². The van der Waals surface area contributed by atoms with E-state index in [9.17, 15) is 0 Å². The Hall–Kier alpha value is -3.84. The van der Waals surface area contributed by atoms with Gasteiger partial charge >= 0.3 is 0 Å². The van der Waals surface area contributed by atoms with E-state index in [-0.39, 0.29) is 0 Å². The van der Waals surface area contributed by atoms with Gasteiger partial charge in [-0.1, -0.05) is 88.0 Å². The van der Waals surface area contributed by atoms with Crippen molar-refractivity contribution < 1.29 is 0 Å². The molecule has 0 aliphatic carbocycles. The zero-order valence-corrected chi connectivity index (χ0v) is 37.9. The van der Waals surface area contributed by atoms with Crippen LogP contribution >= 0.6 is 63.7 Å². The highest BCUT2D eigenvalue weighted by Gasteiger charge is 2.59. The van der Waals surface area contributed by atoms with E-state index in [1.807, 2.05) is 0 Å². The molecule has 0 amide bonds. The van der Waals surface area contributed by atoms with Crippen molar-refractivity contribution in [3.05, 3.63) is 166 Å². The summed E-state index contributed by atoms with van der Waals surface area (Å²) in [5.74, 6) is 0. The molecular formula is C44H42Br4N8. The van der Waals surface area contributed by atoms with Gasteiger partial charge < -0.3 is 29.6 Å². The second-order valence-electron chi connectivity index (χ2n) is 15.3. The summed E-state index contributed by atoms with van der Waals surface area (Å²) in [7, 11) is 8.36. The fraction of sp³-hybridized carbons (Fsp3) is 0.273. The highest BCUT2D eigenvalue weighted by Crippen LogP contribution is 2.59. The molecule has 0 fully saturated rings. The van der Waals surface area contributed by atoms with E-state index < -0.39 is 17.5 Å². The number of aliphatic imine (C=N–C) groups is 2. The monoisotopic (exact) mass is 998 g/mol. The number of halogens is 4. The average molecular weight is 1000 g/mol. The van der Waals surface area contributed by atoms with Crippen LogP contribution in [-0.4, -0.2) is 109 Å². The Balaban J connectivity index is 1.38. The number of fused-ring (bicyclic) bond motifs is 6. The molecule has 4 unspecified atom stereocenters. The number of nitrogens with one attached hydrogen (secondary N) is 2. The molecule has 9 heterocycles. The normalized spacial score (nSPS) is 30.9. The maximum atomic E-state index is 5.71. The van der Waals surface area contributed by atoms with Gasteiger partial charge in [-0.05, 0) is 120 Å². The maximum absolute atomic E-state index is 5.71. The zero-order chi connectivity index (χ0) is 39.0. The largest absolute Gasteiger partial charge is 0.377 e. The first kappa shape index (κ1) is 37.7. The minimum absolute atomic E-state index is 0.756. The minimum Gasteiger partial charge on any atom is -0.377 e. The number of allylic oxidation sites excluding steroid dienone is 8. The van der Waals surface area contributed by atoms with Crippen LogP contribution < -0.4 is 10.7 Å². The number of nitrogens with zero attached hydrogens (tertiary/aromatic N) is 6. The second kappa shape index (κ2) is 13.9. The van der Waals surface area contributed by atoms with Crippen molar-refractivity contribution >= 4 is 86.3 Å². The quantitative estimate of drug-likeness (QED) is 0.252. The molecule has 286 valence electrons. The summed E-state index contributed by atoms with van der Waals surface area (Å²) in [5.41, 5.74) is 10.2. The van der Waals surface area contributed by atoms with Crippen LogP contribution in [0.1, 0.15) is 11.4 Å². The van der Waals surface area contributed by atoms with Crippen molar-refractivity contribution in [1.29, 1.82) is 0 Å². The molecule has 2 aromatic rings. The van der Waals surface area contributed by atoms with Crippen LogP contribution in [0, 0.1) is 0 Å². The first-order chi connectivity index (χ1) is 26.8. The Morgan fingerprint density at radius 3 is 1.62 bits per heavy atom. The predicted octanol–water partition coefficient (Wildman–Crippen LogP) is 7.18. The Morgan fingerprint density at radius 1 is 0.536 bits per heavy atom. The Morgan fingerprint density at radius 2 is 1.05 bits per heavy atom. The van der Waals surface area contributed by atoms with Gasteiger partial charge in [-0.15, -0.1) is 0 Å². The Labute approximate surface area is 361 Å². The average Bonchev–Trinajstić information content (AvgIpc) is 4.02. The summed E-state index contributed by atoms with van der Waals surface area (Å²) in [6, 6.07) is 8.78. The third-order valence-electron chi connectivity index (χ3n) is 11.4. The van der Waals surface area contributed by atoms with Crippen LogP contribution in [0.15, 0.2) is 154 Å². The van der Waals surface area contributed by atoms with Crippen molar-refractivity contribution in [1.82, 2.24) is 29.6 Å². The molecular weight excluding hydrogens is 960 g/mol. The fourth-order valence-electron chi connectivity index (χ4n) is 8.19. The number of hydrogen-bond donors (Lipinski definition) is 2. The van der Waals surface area contributed by atoms with Crippen LogP contribution in [-0.2, 0) is 4.32 Å². The minimum atomic E-state index is -0.946. The molecule has 12 heteroatoms. The molecule has 0 aromatic carbocycles. The van der Waals surface area contributed by atoms with Crippen LogP contribution in [0.4, 0.5) is 0 Å². The molecule has 7 aliphatic heterocycles. The van der Waals surface area contributed by atoms with E-state index in [4.69, 9.17) is 9.98 Å². The van der Waals surface area contributed by atoms with Gasteiger partial charge in [0.2, 0.25) is 0 Å². The number of alkyl halides is 4. The van der Waals surface area contributed by atoms with E-state index in [0.717, 1.165) is 93.1 Å². The van der Waals surface area contributed by atoms with Crippen molar-refractivity contribution in [2.75, 3.05) is 54.4 Å². The lowest BCUT2D eigenvalue weighted by atomic mass is 9.85. The molecule has 0 saturated carbocycles. The van der Waals surface area contributed by atoms with E-state index in [2.05, 4.69) is 243 Å². The van der Waals surface area contributed by atoms with Crippen molar-refractivity contribution in [2.24, 2.45) is 9.98 Å². The van der Waals surface area contributed by atoms with E-state index >= 15 is 0 Å². The number of likely N-dealkylation sites (N-methyl/N-ethyl adjacent to an activating group) is 4. The molecule has 0 spiro atoms. The van der Waals surface area contributed by atoms with Crippen LogP contribution in [0.3, 0.4) is 0 Å². The summed E-state index contributed by atoms with van der Waals surface area (Å²) in [6.45, 7) is 3.13. The Kier molecular flexibility index (Phi) is 9.38. The summed E-state index contributed by atoms with van der Waals surface area (Å²) >= 11 is 17.3. The summed E-state index contributed by atoms with van der Waals surface area (Å²) < 4.78 is -3.63. The van der Waals surface area contributed by atoms with Crippen LogP contribution in [0.2, 0.25) is 0 Å². The predicted molar refractivity (Wildman–Crippen MR) is 245 cm³/mol. The number of aromatic amines is 2. The molecule has 4 atom stereocenters. The number of rotatable bonds is 4. The number of H-pyrrole nitrogens is 2. The van der Waals surface area contributed by atoms with Gasteiger partial charge in [0, 0.05) is 87.6 Å². The first-order valence-electron chi connectivity index (χ1n) is 18.7. The van der Waals surface area contributed by atoms with Crippen molar-refractivity contribution in [2.45, 2.75) is 17.5 Å². The topological polar surface area (TPSA) is 69.3 Å². The van der Waals surface area contributed by atoms with E-state index in [1.165, 1.54) is 0 Å². The van der Waals surface area contributed by atoms with Gasteiger partial charge in [-0.25, -0.2) is 0 Å². The van der Waals surface area contributed by atoms with Gasteiger partial charge in [0.25, 0.3) is 0 Å². The molecule has 2 aromatic heterocycles. The maximum Gasteiger partial charge on any atom is 0.159 e. The lowest BCUT2D eigenvalue weighted by Crippen LogP contribution is -2.50. The smallest absolute Gasteiger partial charge is 0.159 e. The molecule has 8 nitrogen and oxygen atoms in total. The third-order valence-corrected chi connectivity index (χ3v) is 17.5. The third kappa shape index (κ3) is 6.00. The summed E-state index contributed by atoms with van der Waals surface area (Å²) in [5, 5.41) is 2.00. The summed E-state index contributed by atoms with van der Waals surface area (Å²) in [4.78, 5) is 27.9. The van der Waals surface area contributed by atoms with Crippen molar-refractivity contribution in [3.8, 4) is 0 Å². The molecule has 56 heavy (non-hydrogen) atoms. The van der Waals surface area contributed by atoms with E-state index in [1.54, 1.807) is 0 Å². The van der Waals surface area contributed by atoms with Gasteiger partial charge in [-0.2, -0.15) is 0 Å². The highest BCUT2D eigenvalue weighted by molar-refractivity contribution is 9.13. The van der Waals surface area contributed by atoms with Gasteiger partial charge in [0.05, 0.1) is 11.4 Å². The zero-order valence-electron chi connectivity index (χ0n) is 31.6. The van der Waals surface area contributed by atoms with Crippen molar-refractivity contribution in [3.63, 3.8) is 0 Å². The van der Waals surface area contributed by atoms with Gasteiger partial charge in [0.15, 0.2) is 8.90 Å². The molecule has 2 N–H and O–H groups in total. The van der Waals surface area contributed by atoms with E-state index in [0.29, 0.717) is 0 Å². The highest BCUT2D eigenvalue weighted by atomic mass is 79.9. The second-order valence-corrected chi connectivity index (χ2v) is 20.1. The molecule has 9 rings (SSSR count). The van der Waals surface area contributed by atoms with Gasteiger partial charge in [0.1, 0.15) is 8.65 Å². The standard InChI is InChI=1S/C44H42Br4N8/c1-53-21-11-29(12-22-53)39-33-5-6-34(49-33)40(30-13-23-54(2)24-14-30)36-9-19-41(45,51-36)44(48,32-17-27-56(4)28-18-32)38-10-20-42(46,52-38)43(47,37-8-7-35(39)50-37)31-15-25-55(3)26-16-31/h5-21,23,25,27,49-50H,22,24,26,28H2,1-4H3. The lowest BCUT2D eigenvalue weighted by Gasteiger charge is -2.42. The first-order valence-corrected chi connectivity index (χ1v) is 21.8. The summed E-state index contributed by atoms with van der Waals surface area (Å²) in [6.07, 6.45) is 35.0. The van der Waals surface area contributed by atoms with Crippen LogP contribution in [0.5, 0.6) is 0 Å². The fourth-order valence-corrected chi connectivity index (χ4v) is 11.2. The van der Waals surface area contributed by atoms with Gasteiger partial charge in [-0.3, -0.25) is 9.98 Å². The molecule has 7 aliphatic rings. The molecule has 0 radical (unpaired) electrons. The number of aromatic nitrogens is 2. The number of hydrogen-bond acceptors (Lipinski definition) is 6. The lowest BCUT2D eigenvalue weighted by molar-refractivity contribution is 0.492. The SMILES string of the molecule is CN1C=CC(C2=c3ccc([nH]3)=C(C3=CCN(C)C=C3)c3ccc([nH]3)C(Br)(C3=CCN(C)C=C3)C3(Br)C=CC(=N3)C(Br)(C3=CCN(C)C=C3)C3(Br)C=CC2=N3)=CC1. The molecule has 8 bridgehead atoms. The Bertz CT molecular complexity index is 2540.